The number of rotatable bonds is 6. The van der Waals surface area contributed by atoms with Crippen LogP contribution in [0.2, 0.25) is 0 Å². The largest absolute Gasteiger partial charge is 0.314 e. The monoisotopic (exact) mass is 304 g/mol. The van der Waals surface area contributed by atoms with Gasteiger partial charge in [-0.2, -0.15) is 0 Å². The summed E-state index contributed by atoms with van der Waals surface area (Å²) in [6.07, 6.45) is 5.19. The molecule has 1 N–H and O–H groups in total. The normalized spacial score (nSPS) is 22.7. The van der Waals surface area contributed by atoms with Gasteiger partial charge in [-0.3, -0.25) is 0 Å². The van der Waals surface area contributed by atoms with Gasteiger partial charge in [0.15, 0.2) is 0 Å². The second-order valence-electron chi connectivity index (χ2n) is 7.22. The second kappa shape index (κ2) is 7.76. The Balaban J connectivity index is 2.19. The summed E-state index contributed by atoms with van der Waals surface area (Å²) < 4.78 is 22.0. The Morgan fingerprint density at radius 3 is 2.45 bits per heavy atom. The summed E-state index contributed by atoms with van der Waals surface area (Å²) in [5.74, 6) is 1.06. The minimum absolute atomic E-state index is 0.235. The highest BCUT2D eigenvalue weighted by Crippen LogP contribution is 2.34. The molecule has 1 saturated heterocycles. The first-order valence-corrected chi connectivity index (χ1v) is 9.85. The predicted octanol–water partition coefficient (Wildman–Crippen LogP) is 1.77. The highest BCUT2D eigenvalue weighted by atomic mass is 32.2. The SMILES string of the molecule is CC(C)(C)C1CCCN(CCNCCS(C)(=O)=O)CC1. The zero-order valence-electron chi connectivity index (χ0n) is 13.6. The van der Waals surface area contributed by atoms with Crippen molar-refractivity contribution in [2.75, 3.05) is 44.7 Å². The second-order valence-corrected chi connectivity index (χ2v) is 9.48. The van der Waals surface area contributed by atoms with Crippen molar-refractivity contribution in [2.24, 2.45) is 11.3 Å². The lowest BCUT2D eigenvalue weighted by molar-refractivity contribution is 0.208. The molecule has 20 heavy (non-hydrogen) atoms. The summed E-state index contributed by atoms with van der Waals surface area (Å²) in [7, 11) is -2.84. The van der Waals surface area contributed by atoms with E-state index >= 15 is 0 Å². The molecule has 1 atom stereocenters. The Hall–Kier alpha value is -0.130. The fourth-order valence-electron chi connectivity index (χ4n) is 2.87. The molecule has 4 nitrogen and oxygen atoms in total. The number of hydrogen-bond acceptors (Lipinski definition) is 4. The van der Waals surface area contributed by atoms with E-state index in [-0.39, 0.29) is 5.75 Å². The molecule has 0 aromatic rings. The summed E-state index contributed by atoms with van der Waals surface area (Å²) in [6.45, 7) is 11.9. The topological polar surface area (TPSA) is 49.4 Å². The van der Waals surface area contributed by atoms with Crippen LogP contribution in [0.5, 0.6) is 0 Å². The highest BCUT2D eigenvalue weighted by molar-refractivity contribution is 7.90. The average Bonchev–Trinajstić information content (AvgIpc) is 2.52. The summed E-state index contributed by atoms with van der Waals surface area (Å²) in [5, 5.41) is 3.23. The van der Waals surface area contributed by atoms with Gasteiger partial charge in [-0.25, -0.2) is 8.42 Å². The molecule has 1 rings (SSSR count). The quantitative estimate of drug-likeness (QED) is 0.760. The van der Waals surface area contributed by atoms with Crippen molar-refractivity contribution in [1.29, 1.82) is 0 Å². The Labute approximate surface area is 125 Å². The summed E-state index contributed by atoms with van der Waals surface area (Å²) >= 11 is 0. The number of nitrogens with one attached hydrogen (secondary N) is 1. The van der Waals surface area contributed by atoms with Gasteiger partial charge in [-0.15, -0.1) is 0 Å². The number of sulfone groups is 1. The summed E-state index contributed by atoms with van der Waals surface area (Å²) in [5.41, 5.74) is 0.420. The van der Waals surface area contributed by atoms with E-state index in [4.69, 9.17) is 0 Å². The van der Waals surface area contributed by atoms with Gasteiger partial charge in [0.2, 0.25) is 0 Å². The molecule has 0 radical (unpaired) electrons. The van der Waals surface area contributed by atoms with Gasteiger partial charge in [0.05, 0.1) is 5.75 Å². The maximum Gasteiger partial charge on any atom is 0.148 e. The minimum Gasteiger partial charge on any atom is -0.314 e. The van der Waals surface area contributed by atoms with E-state index in [1.807, 2.05) is 0 Å². The van der Waals surface area contributed by atoms with Gasteiger partial charge in [-0.05, 0) is 43.7 Å². The average molecular weight is 305 g/mol. The molecule has 0 saturated carbocycles. The molecule has 0 aliphatic carbocycles. The van der Waals surface area contributed by atoms with E-state index in [0.717, 1.165) is 19.0 Å². The van der Waals surface area contributed by atoms with Crippen LogP contribution in [0.1, 0.15) is 40.0 Å². The molecule has 1 fully saturated rings. The molecule has 0 amide bonds. The summed E-state index contributed by atoms with van der Waals surface area (Å²) in [6, 6.07) is 0. The fraction of sp³-hybridized carbons (Fsp3) is 1.00. The van der Waals surface area contributed by atoms with Gasteiger partial charge in [0, 0.05) is 25.9 Å². The van der Waals surface area contributed by atoms with Crippen LogP contribution in [0.4, 0.5) is 0 Å². The Kier molecular flexibility index (Phi) is 6.95. The smallest absolute Gasteiger partial charge is 0.148 e. The molecule has 0 spiro atoms. The van der Waals surface area contributed by atoms with Crippen molar-refractivity contribution < 1.29 is 8.42 Å². The maximum absolute atomic E-state index is 11.0. The molecule has 0 bridgehead atoms. The van der Waals surface area contributed by atoms with Crippen molar-refractivity contribution in [3.63, 3.8) is 0 Å². The molecular weight excluding hydrogens is 272 g/mol. The van der Waals surface area contributed by atoms with Crippen LogP contribution in [0.15, 0.2) is 0 Å². The lowest BCUT2D eigenvalue weighted by Gasteiger charge is -2.29. The predicted molar refractivity (Wildman–Crippen MR) is 85.8 cm³/mol. The zero-order valence-corrected chi connectivity index (χ0v) is 14.4. The van der Waals surface area contributed by atoms with E-state index in [1.165, 1.54) is 38.6 Å². The van der Waals surface area contributed by atoms with E-state index in [1.54, 1.807) is 0 Å². The summed E-state index contributed by atoms with van der Waals surface area (Å²) in [4.78, 5) is 2.51. The van der Waals surface area contributed by atoms with Crippen LogP contribution < -0.4 is 5.32 Å². The lowest BCUT2D eigenvalue weighted by Crippen LogP contribution is -2.34. The Morgan fingerprint density at radius 1 is 1.15 bits per heavy atom. The lowest BCUT2D eigenvalue weighted by atomic mass is 9.77. The van der Waals surface area contributed by atoms with Crippen LogP contribution in [-0.2, 0) is 9.84 Å². The van der Waals surface area contributed by atoms with E-state index < -0.39 is 9.84 Å². The molecule has 1 heterocycles. The molecule has 5 heteroatoms. The van der Waals surface area contributed by atoms with E-state index in [2.05, 4.69) is 31.0 Å². The van der Waals surface area contributed by atoms with Gasteiger partial charge in [0.25, 0.3) is 0 Å². The maximum atomic E-state index is 11.0. The molecule has 120 valence electrons. The molecule has 1 aliphatic rings. The van der Waals surface area contributed by atoms with Crippen LogP contribution >= 0.6 is 0 Å². The van der Waals surface area contributed by atoms with Gasteiger partial charge >= 0.3 is 0 Å². The van der Waals surface area contributed by atoms with Crippen LogP contribution in [0.25, 0.3) is 0 Å². The zero-order chi connectivity index (χ0) is 15.2. The van der Waals surface area contributed by atoms with E-state index in [0.29, 0.717) is 12.0 Å². The van der Waals surface area contributed by atoms with Gasteiger partial charge in [-0.1, -0.05) is 20.8 Å². The third-order valence-electron chi connectivity index (χ3n) is 4.30. The van der Waals surface area contributed by atoms with Crippen LogP contribution in [0.3, 0.4) is 0 Å². The van der Waals surface area contributed by atoms with Crippen molar-refractivity contribution in [3.05, 3.63) is 0 Å². The van der Waals surface area contributed by atoms with Crippen molar-refractivity contribution in [3.8, 4) is 0 Å². The van der Waals surface area contributed by atoms with Crippen molar-refractivity contribution >= 4 is 9.84 Å². The highest BCUT2D eigenvalue weighted by Gasteiger charge is 2.26. The Bertz CT molecular complexity index is 374. The number of likely N-dealkylation sites (tertiary alicyclic amines) is 1. The third-order valence-corrected chi connectivity index (χ3v) is 5.25. The number of nitrogens with zero attached hydrogens (tertiary/aromatic N) is 1. The van der Waals surface area contributed by atoms with Crippen molar-refractivity contribution in [1.82, 2.24) is 10.2 Å². The molecular formula is C15H32N2O2S. The van der Waals surface area contributed by atoms with Crippen molar-refractivity contribution in [2.45, 2.75) is 40.0 Å². The minimum atomic E-state index is -2.84. The first kappa shape index (κ1) is 17.9. The Morgan fingerprint density at radius 2 is 1.85 bits per heavy atom. The standard InChI is InChI=1S/C15H32N2O2S/c1-15(2,3)14-6-5-10-17(11-7-14)12-8-16-9-13-20(4,18)19/h14,16H,5-13H2,1-4H3. The first-order chi connectivity index (χ1) is 9.18. The fourth-order valence-corrected chi connectivity index (χ4v) is 3.38. The van der Waals surface area contributed by atoms with Gasteiger partial charge in [0.1, 0.15) is 9.84 Å². The van der Waals surface area contributed by atoms with Crippen LogP contribution in [0, 0.1) is 11.3 Å². The number of hydrogen-bond donors (Lipinski definition) is 1. The van der Waals surface area contributed by atoms with Gasteiger partial charge < -0.3 is 10.2 Å². The van der Waals surface area contributed by atoms with E-state index in [9.17, 15) is 8.42 Å². The molecule has 0 aromatic carbocycles. The first-order valence-electron chi connectivity index (χ1n) is 7.79. The molecule has 1 unspecified atom stereocenters. The molecule has 0 aromatic heterocycles. The molecule has 1 aliphatic heterocycles. The third kappa shape index (κ3) is 7.60. The van der Waals surface area contributed by atoms with Crippen LogP contribution in [-0.4, -0.2) is 58.1 Å².